The monoisotopic (exact) mass is 465 g/mol. The van der Waals surface area contributed by atoms with Crippen molar-refractivity contribution in [2.24, 2.45) is 0 Å². The number of carbonyl (C=O) groups is 1. The molecule has 7 nitrogen and oxygen atoms in total. The number of carbonyl (C=O) groups excluding carboxylic acids is 1. The van der Waals surface area contributed by atoms with Crippen LogP contribution in [0.15, 0.2) is 42.5 Å². The molecule has 2 aromatic rings. The van der Waals surface area contributed by atoms with E-state index < -0.39 is 10.0 Å². The highest BCUT2D eigenvalue weighted by Gasteiger charge is 2.22. The van der Waals surface area contributed by atoms with Gasteiger partial charge < -0.3 is 14.5 Å². The molecule has 1 saturated heterocycles. The van der Waals surface area contributed by atoms with Gasteiger partial charge in [-0.1, -0.05) is 29.8 Å². The third-order valence-electron chi connectivity index (χ3n) is 5.40. The summed E-state index contributed by atoms with van der Waals surface area (Å²) in [5.41, 5.74) is 3.12. The van der Waals surface area contributed by atoms with Gasteiger partial charge in [0.15, 0.2) is 6.61 Å². The minimum atomic E-state index is -3.23. The zero-order chi connectivity index (χ0) is 22.6. The Morgan fingerprint density at radius 3 is 2.35 bits per heavy atom. The molecule has 0 unspecified atom stereocenters. The van der Waals surface area contributed by atoms with Gasteiger partial charge in [0, 0.05) is 50.5 Å². The molecule has 1 heterocycles. The normalized spacial score (nSPS) is 14.7. The van der Waals surface area contributed by atoms with Crippen LogP contribution in [0, 0.1) is 6.92 Å². The maximum atomic E-state index is 12.5. The molecule has 1 aliphatic rings. The van der Waals surface area contributed by atoms with Gasteiger partial charge in [0.1, 0.15) is 5.75 Å². The van der Waals surface area contributed by atoms with Crippen LogP contribution in [0.2, 0.25) is 5.02 Å². The highest BCUT2D eigenvalue weighted by molar-refractivity contribution is 7.88. The number of amides is 1. The topological polar surface area (TPSA) is 70.2 Å². The van der Waals surface area contributed by atoms with Crippen LogP contribution < -0.4 is 9.64 Å². The Bertz CT molecular complexity index is 1020. The Morgan fingerprint density at radius 2 is 1.74 bits per heavy atom. The number of piperazine rings is 1. The predicted octanol–water partition coefficient (Wildman–Crippen LogP) is 2.77. The largest absolute Gasteiger partial charge is 0.484 e. The fraction of sp³-hybridized carbons (Fsp3) is 0.409. The van der Waals surface area contributed by atoms with Gasteiger partial charge in [0.05, 0.1) is 6.26 Å². The average molecular weight is 466 g/mol. The molecule has 1 aliphatic heterocycles. The zero-order valence-corrected chi connectivity index (χ0v) is 19.6. The van der Waals surface area contributed by atoms with Gasteiger partial charge in [-0.05, 0) is 42.3 Å². The summed E-state index contributed by atoms with van der Waals surface area (Å²) in [4.78, 5) is 16.6. The smallest absolute Gasteiger partial charge is 0.260 e. The van der Waals surface area contributed by atoms with Crippen LogP contribution in [0.3, 0.4) is 0 Å². The summed E-state index contributed by atoms with van der Waals surface area (Å²) in [6, 6.07) is 13.0. The van der Waals surface area contributed by atoms with Crippen LogP contribution in [0.5, 0.6) is 5.75 Å². The highest BCUT2D eigenvalue weighted by Crippen LogP contribution is 2.25. The molecule has 0 spiro atoms. The van der Waals surface area contributed by atoms with Crippen molar-refractivity contribution in [3.8, 4) is 5.75 Å². The number of hydrogen-bond acceptors (Lipinski definition) is 5. The van der Waals surface area contributed by atoms with Gasteiger partial charge in [0.25, 0.3) is 5.91 Å². The molecule has 0 radical (unpaired) electrons. The molecule has 168 valence electrons. The maximum Gasteiger partial charge on any atom is 0.260 e. The second-order valence-electron chi connectivity index (χ2n) is 7.75. The predicted molar refractivity (Wildman–Crippen MR) is 123 cm³/mol. The summed E-state index contributed by atoms with van der Waals surface area (Å²) >= 11 is 6.13. The fourth-order valence-corrected chi connectivity index (χ4v) is 3.97. The maximum absolute atomic E-state index is 12.5. The number of hydrogen-bond donors (Lipinski definition) is 0. The lowest BCUT2D eigenvalue weighted by Crippen LogP contribution is -2.50. The first-order valence-electron chi connectivity index (χ1n) is 10.1. The number of aryl methyl sites for hydroxylation is 1. The molecule has 0 saturated carbocycles. The molecule has 2 aromatic carbocycles. The number of rotatable bonds is 7. The summed E-state index contributed by atoms with van der Waals surface area (Å²) in [5, 5.41) is 0.710. The molecule has 31 heavy (non-hydrogen) atoms. The molecular formula is C22H28ClN3O4S. The molecular weight excluding hydrogens is 438 g/mol. The molecule has 0 aromatic heterocycles. The number of sulfonamides is 1. The van der Waals surface area contributed by atoms with Crippen molar-refractivity contribution in [2.75, 3.05) is 51.0 Å². The van der Waals surface area contributed by atoms with Gasteiger partial charge in [0.2, 0.25) is 10.0 Å². The van der Waals surface area contributed by atoms with E-state index in [9.17, 15) is 13.2 Å². The number of anilines is 1. The standard InChI is InChI=1S/C22H28ClN3O4S/c1-17-4-7-19(23)14-21(17)25-10-12-26(13-11-25)22(27)16-30-20-8-5-18(6-9-20)15-24(2)31(3,28)29/h4-9,14H,10-13,15-16H2,1-3H3. The summed E-state index contributed by atoms with van der Waals surface area (Å²) in [5.74, 6) is 0.524. The Hall–Kier alpha value is -2.29. The summed E-state index contributed by atoms with van der Waals surface area (Å²) in [6.07, 6.45) is 1.17. The van der Waals surface area contributed by atoms with E-state index in [1.165, 1.54) is 23.2 Å². The van der Waals surface area contributed by atoms with Gasteiger partial charge in [-0.2, -0.15) is 0 Å². The summed E-state index contributed by atoms with van der Waals surface area (Å²) < 4.78 is 29.9. The van der Waals surface area contributed by atoms with Crippen LogP contribution >= 0.6 is 11.6 Å². The number of nitrogens with zero attached hydrogens (tertiary/aromatic N) is 3. The van der Waals surface area contributed by atoms with E-state index >= 15 is 0 Å². The molecule has 3 rings (SSSR count). The summed E-state index contributed by atoms with van der Waals surface area (Å²) in [6.45, 7) is 5.06. The van der Waals surface area contributed by atoms with Crippen molar-refractivity contribution in [3.63, 3.8) is 0 Å². The van der Waals surface area contributed by atoms with Crippen LogP contribution in [-0.4, -0.2) is 69.6 Å². The van der Waals surface area contributed by atoms with Crippen molar-refractivity contribution in [2.45, 2.75) is 13.5 Å². The van der Waals surface area contributed by atoms with Crippen molar-refractivity contribution in [1.82, 2.24) is 9.21 Å². The van der Waals surface area contributed by atoms with Gasteiger partial charge in [-0.15, -0.1) is 0 Å². The molecule has 9 heteroatoms. The van der Waals surface area contributed by atoms with Crippen molar-refractivity contribution in [1.29, 1.82) is 0 Å². The van der Waals surface area contributed by atoms with E-state index in [2.05, 4.69) is 11.8 Å². The SMILES string of the molecule is Cc1ccc(Cl)cc1N1CCN(C(=O)COc2ccc(CN(C)S(C)(=O)=O)cc2)CC1. The molecule has 0 N–H and O–H groups in total. The van der Waals surface area contributed by atoms with Crippen molar-refractivity contribution < 1.29 is 17.9 Å². The van der Waals surface area contributed by atoms with Crippen molar-refractivity contribution in [3.05, 3.63) is 58.6 Å². The zero-order valence-electron chi connectivity index (χ0n) is 18.0. The van der Waals surface area contributed by atoms with Gasteiger partial charge in [-0.25, -0.2) is 12.7 Å². The van der Waals surface area contributed by atoms with E-state index in [0.29, 0.717) is 23.9 Å². The Morgan fingerprint density at radius 1 is 1.10 bits per heavy atom. The summed E-state index contributed by atoms with van der Waals surface area (Å²) in [7, 11) is -1.70. The van der Waals surface area contributed by atoms with E-state index in [1.807, 2.05) is 23.1 Å². The fourth-order valence-electron chi connectivity index (χ4n) is 3.42. The van der Waals surface area contributed by atoms with Gasteiger partial charge >= 0.3 is 0 Å². The van der Waals surface area contributed by atoms with E-state index in [0.717, 1.165) is 24.3 Å². The second kappa shape index (κ2) is 9.89. The third kappa shape index (κ3) is 6.35. The second-order valence-corrected chi connectivity index (χ2v) is 10.3. The molecule has 1 fully saturated rings. The minimum Gasteiger partial charge on any atom is -0.484 e. The highest BCUT2D eigenvalue weighted by atomic mass is 35.5. The number of ether oxygens (including phenoxy) is 1. The van der Waals surface area contributed by atoms with E-state index in [-0.39, 0.29) is 19.1 Å². The van der Waals surface area contributed by atoms with Crippen molar-refractivity contribution >= 4 is 33.2 Å². The van der Waals surface area contributed by atoms with E-state index in [1.54, 1.807) is 24.3 Å². The molecule has 0 atom stereocenters. The first-order valence-corrected chi connectivity index (χ1v) is 12.3. The van der Waals surface area contributed by atoms with Crippen LogP contribution in [0.4, 0.5) is 5.69 Å². The Labute approximate surface area is 189 Å². The van der Waals surface area contributed by atoms with Crippen LogP contribution in [0.1, 0.15) is 11.1 Å². The van der Waals surface area contributed by atoms with Crippen LogP contribution in [-0.2, 0) is 21.4 Å². The lowest BCUT2D eigenvalue weighted by molar-refractivity contribution is -0.133. The minimum absolute atomic E-state index is 0.0290. The quantitative estimate of drug-likeness (QED) is 0.628. The first kappa shape index (κ1) is 23.4. The molecule has 0 bridgehead atoms. The number of benzene rings is 2. The van der Waals surface area contributed by atoms with Crippen LogP contribution in [0.25, 0.3) is 0 Å². The third-order valence-corrected chi connectivity index (χ3v) is 6.90. The average Bonchev–Trinajstić information content (AvgIpc) is 2.74. The first-order chi connectivity index (χ1) is 14.6. The Balaban J connectivity index is 1.48. The van der Waals surface area contributed by atoms with E-state index in [4.69, 9.17) is 16.3 Å². The molecule has 0 aliphatic carbocycles. The number of halogens is 1. The van der Waals surface area contributed by atoms with Gasteiger partial charge in [-0.3, -0.25) is 4.79 Å². The lowest BCUT2D eigenvalue weighted by atomic mass is 10.1. The Kier molecular flexibility index (Phi) is 7.46. The lowest BCUT2D eigenvalue weighted by Gasteiger charge is -2.36. The molecule has 1 amide bonds.